The SMILES string of the molecule is Cc1nc2ccc(N3CCN(c4ncnc5cnccc45)CC3)nn2c1C. The number of aryl methyl sites for hydroxylation is 2. The lowest BCUT2D eigenvalue weighted by Crippen LogP contribution is -2.47. The molecular formula is C19H20N8. The topological polar surface area (TPSA) is 75.3 Å². The molecule has 8 nitrogen and oxygen atoms in total. The van der Waals surface area contributed by atoms with E-state index in [9.17, 15) is 0 Å². The summed E-state index contributed by atoms with van der Waals surface area (Å²) < 4.78 is 1.93. The molecule has 0 unspecified atom stereocenters. The summed E-state index contributed by atoms with van der Waals surface area (Å²) in [6, 6.07) is 6.08. The van der Waals surface area contributed by atoms with Crippen LogP contribution in [-0.2, 0) is 0 Å². The van der Waals surface area contributed by atoms with Crippen molar-refractivity contribution >= 4 is 28.2 Å². The second-order valence-corrected chi connectivity index (χ2v) is 6.81. The Morgan fingerprint density at radius 1 is 0.926 bits per heavy atom. The van der Waals surface area contributed by atoms with Crippen LogP contribution < -0.4 is 9.80 Å². The number of imidazole rings is 1. The number of hydrogen-bond donors (Lipinski definition) is 0. The van der Waals surface area contributed by atoms with E-state index in [1.807, 2.05) is 23.6 Å². The molecule has 0 radical (unpaired) electrons. The summed E-state index contributed by atoms with van der Waals surface area (Å²) in [5.41, 5.74) is 3.89. The van der Waals surface area contributed by atoms with Gasteiger partial charge in [-0.1, -0.05) is 0 Å². The molecular weight excluding hydrogens is 340 g/mol. The van der Waals surface area contributed by atoms with Gasteiger partial charge in [-0.3, -0.25) is 4.98 Å². The maximum atomic E-state index is 4.79. The second kappa shape index (κ2) is 6.15. The number of fused-ring (bicyclic) bond motifs is 2. The highest BCUT2D eigenvalue weighted by atomic mass is 15.4. The zero-order valence-electron chi connectivity index (χ0n) is 15.4. The van der Waals surface area contributed by atoms with Crippen molar-refractivity contribution in [1.82, 2.24) is 29.5 Å². The Balaban J connectivity index is 1.39. The molecule has 1 fully saturated rings. The standard InChI is InChI=1S/C19H20N8/c1-13-14(2)27-17(23-13)3-4-18(24-27)25-7-9-26(10-8-25)19-15-5-6-20-11-16(15)21-12-22-19/h3-6,11-12H,7-10H2,1-2H3. The Hall–Kier alpha value is -3.29. The minimum absolute atomic E-state index is 0.878. The highest BCUT2D eigenvalue weighted by molar-refractivity contribution is 5.88. The van der Waals surface area contributed by atoms with E-state index >= 15 is 0 Å². The molecule has 0 saturated carbocycles. The van der Waals surface area contributed by atoms with Crippen molar-refractivity contribution in [2.24, 2.45) is 0 Å². The molecule has 5 rings (SSSR count). The lowest BCUT2D eigenvalue weighted by molar-refractivity contribution is 0.637. The largest absolute Gasteiger partial charge is 0.352 e. The molecule has 4 aromatic rings. The first-order chi connectivity index (χ1) is 13.2. The Kier molecular flexibility index (Phi) is 3.63. The Labute approximate surface area is 156 Å². The van der Waals surface area contributed by atoms with Crippen LogP contribution in [0.4, 0.5) is 11.6 Å². The highest BCUT2D eigenvalue weighted by Gasteiger charge is 2.21. The van der Waals surface area contributed by atoms with Gasteiger partial charge in [0.1, 0.15) is 18.0 Å². The highest BCUT2D eigenvalue weighted by Crippen LogP contribution is 2.24. The van der Waals surface area contributed by atoms with Crippen molar-refractivity contribution in [1.29, 1.82) is 0 Å². The zero-order valence-corrected chi connectivity index (χ0v) is 15.4. The third-order valence-electron chi connectivity index (χ3n) is 5.25. The summed E-state index contributed by atoms with van der Waals surface area (Å²) >= 11 is 0. The van der Waals surface area contributed by atoms with Gasteiger partial charge >= 0.3 is 0 Å². The van der Waals surface area contributed by atoms with Crippen molar-refractivity contribution in [3.05, 3.63) is 48.3 Å². The molecule has 27 heavy (non-hydrogen) atoms. The summed E-state index contributed by atoms with van der Waals surface area (Å²) in [5, 5.41) is 5.84. The molecule has 0 amide bonds. The van der Waals surface area contributed by atoms with Crippen LogP contribution in [0.3, 0.4) is 0 Å². The number of aromatic nitrogens is 6. The van der Waals surface area contributed by atoms with E-state index in [0.29, 0.717) is 0 Å². The minimum atomic E-state index is 0.878. The number of pyridine rings is 1. The molecule has 4 aromatic heterocycles. The molecule has 0 atom stereocenters. The normalized spacial score (nSPS) is 15.0. The summed E-state index contributed by atoms with van der Waals surface area (Å²) in [6.45, 7) is 7.62. The van der Waals surface area contributed by atoms with Crippen LogP contribution in [-0.4, -0.2) is 55.7 Å². The van der Waals surface area contributed by atoms with Crippen molar-refractivity contribution in [2.45, 2.75) is 13.8 Å². The predicted octanol–water partition coefficient (Wildman–Crippen LogP) is 2.01. The fourth-order valence-electron chi connectivity index (χ4n) is 3.61. The Bertz CT molecular complexity index is 1120. The molecule has 1 aliphatic heterocycles. The molecule has 0 aromatic carbocycles. The van der Waals surface area contributed by atoms with Gasteiger partial charge in [0.15, 0.2) is 5.65 Å². The summed E-state index contributed by atoms with van der Waals surface area (Å²) in [6.07, 6.45) is 5.19. The van der Waals surface area contributed by atoms with E-state index in [2.05, 4.69) is 42.7 Å². The summed E-state index contributed by atoms with van der Waals surface area (Å²) in [7, 11) is 0. The molecule has 136 valence electrons. The number of anilines is 2. The quantitative estimate of drug-likeness (QED) is 0.541. The van der Waals surface area contributed by atoms with Gasteiger partial charge in [0.25, 0.3) is 0 Å². The van der Waals surface area contributed by atoms with Gasteiger partial charge in [0, 0.05) is 37.8 Å². The number of rotatable bonds is 2. The molecule has 0 N–H and O–H groups in total. The van der Waals surface area contributed by atoms with Crippen LogP contribution in [0.5, 0.6) is 0 Å². The van der Waals surface area contributed by atoms with E-state index in [-0.39, 0.29) is 0 Å². The average molecular weight is 360 g/mol. The van der Waals surface area contributed by atoms with Crippen molar-refractivity contribution in [3.63, 3.8) is 0 Å². The lowest BCUT2D eigenvalue weighted by atomic mass is 10.2. The van der Waals surface area contributed by atoms with Crippen LogP contribution in [0.25, 0.3) is 16.6 Å². The molecule has 0 bridgehead atoms. The first-order valence-corrected chi connectivity index (χ1v) is 9.08. The van der Waals surface area contributed by atoms with Crippen LogP contribution in [0.15, 0.2) is 36.9 Å². The van der Waals surface area contributed by atoms with Gasteiger partial charge in [0.05, 0.1) is 23.1 Å². The monoisotopic (exact) mass is 360 g/mol. The third kappa shape index (κ3) is 2.64. The summed E-state index contributed by atoms with van der Waals surface area (Å²) in [4.78, 5) is 22.1. The first-order valence-electron chi connectivity index (χ1n) is 9.08. The van der Waals surface area contributed by atoms with Crippen molar-refractivity contribution < 1.29 is 0 Å². The van der Waals surface area contributed by atoms with Crippen molar-refractivity contribution in [2.75, 3.05) is 36.0 Å². The fraction of sp³-hybridized carbons (Fsp3) is 0.316. The maximum absolute atomic E-state index is 4.79. The zero-order chi connectivity index (χ0) is 18.4. The van der Waals surface area contributed by atoms with Gasteiger partial charge in [0.2, 0.25) is 0 Å². The van der Waals surface area contributed by atoms with Gasteiger partial charge in [-0.2, -0.15) is 0 Å². The predicted molar refractivity (Wildman–Crippen MR) is 104 cm³/mol. The van der Waals surface area contributed by atoms with Crippen LogP contribution in [0.2, 0.25) is 0 Å². The van der Waals surface area contributed by atoms with Gasteiger partial charge in [-0.15, -0.1) is 5.10 Å². The number of nitrogens with zero attached hydrogens (tertiary/aromatic N) is 8. The van der Waals surface area contributed by atoms with Crippen molar-refractivity contribution in [3.8, 4) is 0 Å². The molecule has 8 heteroatoms. The molecule has 1 aliphatic rings. The third-order valence-corrected chi connectivity index (χ3v) is 5.25. The average Bonchev–Trinajstić information content (AvgIpc) is 3.01. The van der Waals surface area contributed by atoms with Gasteiger partial charge in [-0.25, -0.2) is 19.5 Å². The van der Waals surface area contributed by atoms with E-state index in [0.717, 1.165) is 65.8 Å². The second-order valence-electron chi connectivity index (χ2n) is 6.81. The summed E-state index contributed by atoms with van der Waals surface area (Å²) in [5.74, 6) is 1.96. The first kappa shape index (κ1) is 15.9. The number of hydrogen-bond acceptors (Lipinski definition) is 7. The molecule has 0 aliphatic carbocycles. The van der Waals surface area contributed by atoms with Crippen LogP contribution in [0, 0.1) is 13.8 Å². The Morgan fingerprint density at radius 2 is 1.74 bits per heavy atom. The van der Waals surface area contributed by atoms with Crippen LogP contribution in [0.1, 0.15) is 11.4 Å². The van der Waals surface area contributed by atoms with E-state index < -0.39 is 0 Å². The molecule has 0 spiro atoms. The van der Waals surface area contributed by atoms with E-state index in [1.54, 1.807) is 18.7 Å². The van der Waals surface area contributed by atoms with Crippen LogP contribution >= 0.6 is 0 Å². The molecule has 1 saturated heterocycles. The van der Waals surface area contributed by atoms with E-state index in [4.69, 9.17) is 5.10 Å². The molecule has 5 heterocycles. The maximum Gasteiger partial charge on any atom is 0.154 e. The number of piperazine rings is 1. The van der Waals surface area contributed by atoms with Gasteiger partial charge in [-0.05, 0) is 32.0 Å². The smallest absolute Gasteiger partial charge is 0.154 e. The van der Waals surface area contributed by atoms with Gasteiger partial charge < -0.3 is 9.80 Å². The minimum Gasteiger partial charge on any atom is -0.352 e. The lowest BCUT2D eigenvalue weighted by Gasteiger charge is -2.36. The Morgan fingerprint density at radius 3 is 2.59 bits per heavy atom. The van der Waals surface area contributed by atoms with E-state index in [1.165, 1.54) is 0 Å². The fourth-order valence-corrected chi connectivity index (χ4v) is 3.61.